The van der Waals surface area contributed by atoms with Crippen molar-refractivity contribution >= 4 is 36.0 Å². The van der Waals surface area contributed by atoms with Crippen molar-refractivity contribution in [2.24, 2.45) is 4.99 Å². The van der Waals surface area contributed by atoms with Gasteiger partial charge >= 0.3 is 6.09 Å². The smallest absolute Gasteiger partial charge is 0.407 e. The fourth-order valence-electron chi connectivity index (χ4n) is 2.96. The number of amides is 1. The highest BCUT2D eigenvalue weighted by Gasteiger charge is 2.18. The van der Waals surface area contributed by atoms with Crippen LogP contribution in [0.1, 0.15) is 66.2 Å². The van der Waals surface area contributed by atoms with Crippen LogP contribution in [0.15, 0.2) is 4.99 Å². The minimum atomic E-state index is -0.500. The van der Waals surface area contributed by atoms with Gasteiger partial charge in [0.05, 0.1) is 12.7 Å². The molecule has 0 saturated carbocycles. The largest absolute Gasteiger partial charge is 0.444 e. The monoisotopic (exact) mass is 542 g/mol. The first-order chi connectivity index (χ1) is 13.8. The van der Waals surface area contributed by atoms with Gasteiger partial charge in [0.2, 0.25) is 0 Å². The number of alkyl carbamates (subject to hydrolysis) is 1. The summed E-state index contributed by atoms with van der Waals surface area (Å²) in [4.78, 5) is 16.2. The van der Waals surface area contributed by atoms with Gasteiger partial charge in [0, 0.05) is 39.4 Å². The Morgan fingerprint density at radius 1 is 1.27 bits per heavy atom. The van der Waals surface area contributed by atoms with Crippen molar-refractivity contribution in [3.8, 4) is 0 Å². The second-order valence-electron chi connectivity index (χ2n) is 8.43. The van der Waals surface area contributed by atoms with Gasteiger partial charge in [0.15, 0.2) is 5.96 Å². The van der Waals surface area contributed by atoms with Crippen molar-refractivity contribution < 1.29 is 19.0 Å². The second kappa shape index (κ2) is 16.8. The second-order valence-corrected chi connectivity index (χ2v) is 8.43. The number of guanidine groups is 1. The normalized spacial score (nSPS) is 17.8. The molecule has 0 aromatic carbocycles. The third-order valence-corrected chi connectivity index (χ3v) is 4.45. The number of unbranched alkanes of at least 4 members (excludes halogenated alkanes) is 1. The van der Waals surface area contributed by atoms with E-state index in [0.717, 1.165) is 57.6 Å². The highest BCUT2D eigenvalue weighted by molar-refractivity contribution is 14.0. The van der Waals surface area contributed by atoms with Gasteiger partial charge in [-0.1, -0.05) is 19.8 Å². The molecule has 1 amide bonds. The number of halogens is 1. The lowest BCUT2D eigenvalue weighted by molar-refractivity contribution is 0.0168. The van der Waals surface area contributed by atoms with E-state index in [1.165, 1.54) is 0 Å². The molecule has 0 radical (unpaired) electrons. The molecule has 1 fully saturated rings. The lowest BCUT2D eigenvalue weighted by Crippen LogP contribution is -2.49. The molecule has 1 saturated heterocycles. The van der Waals surface area contributed by atoms with Crippen LogP contribution in [0.2, 0.25) is 0 Å². The Labute approximate surface area is 199 Å². The lowest BCUT2D eigenvalue weighted by Gasteiger charge is -2.24. The average molecular weight is 543 g/mol. The summed E-state index contributed by atoms with van der Waals surface area (Å²) in [5, 5.41) is 9.56. The molecule has 9 heteroatoms. The average Bonchev–Trinajstić information content (AvgIpc) is 3.17. The molecule has 0 aromatic rings. The van der Waals surface area contributed by atoms with E-state index < -0.39 is 11.7 Å². The Balaban J connectivity index is 0.00000841. The molecule has 0 spiro atoms. The van der Waals surface area contributed by atoms with Gasteiger partial charge in [-0.05, 0) is 46.5 Å². The quantitative estimate of drug-likeness (QED) is 0.152. The molecule has 1 aliphatic rings. The molecule has 178 valence electrons. The van der Waals surface area contributed by atoms with Crippen LogP contribution in [0.3, 0.4) is 0 Å². The number of nitrogens with one attached hydrogen (secondary N) is 3. The van der Waals surface area contributed by atoms with E-state index in [0.29, 0.717) is 19.8 Å². The first-order valence-electron chi connectivity index (χ1n) is 11.0. The molecule has 1 rings (SSSR count). The maximum atomic E-state index is 11.9. The van der Waals surface area contributed by atoms with Crippen LogP contribution >= 0.6 is 24.0 Å². The van der Waals surface area contributed by atoms with Crippen LogP contribution in [0.4, 0.5) is 4.79 Å². The Morgan fingerprint density at radius 2 is 2.03 bits per heavy atom. The van der Waals surface area contributed by atoms with Crippen molar-refractivity contribution in [1.82, 2.24) is 16.0 Å². The topological polar surface area (TPSA) is 93.2 Å². The molecule has 0 aliphatic carbocycles. The maximum absolute atomic E-state index is 11.9. The van der Waals surface area contributed by atoms with E-state index in [9.17, 15) is 4.79 Å². The Morgan fingerprint density at radius 3 is 2.63 bits per heavy atom. The first-order valence-corrected chi connectivity index (χ1v) is 11.0. The van der Waals surface area contributed by atoms with Crippen molar-refractivity contribution in [1.29, 1.82) is 0 Å². The number of aliphatic imine (C=N–C) groups is 1. The Hall–Kier alpha value is -0.810. The molecule has 0 aromatic heterocycles. The Kier molecular flexibility index (Phi) is 16.4. The number of carbonyl (C=O) groups excluding carboxylic acids is 1. The third-order valence-electron chi connectivity index (χ3n) is 4.45. The highest BCUT2D eigenvalue weighted by Crippen LogP contribution is 2.11. The van der Waals surface area contributed by atoms with Crippen molar-refractivity contribution in [2.75, 3.05) is 40.0 Å². The minimum Gasteiger partial charge on any atom is -0.444 e. The van der Waals surface area contributed by atoms with Crippen LogP contribution < -0.4 is 16.0 Å². The van der Waals surface area contributed by atoms with Crippen LogP contribution in [-0.2, 0) is 14.2 Å². The lowest BCUT2D eigenvalue weighted by atomic mass is 10.1. The van der Waals surface area contributed by atoms with E-state index >= 15 is 0 Å². The first kappa shape index (κ1) is 29.2. The summed E-state index contributed by atoms with van der Waals surface area (Å²) in [7, 11) is 1.75. The number of rotatable bonds is 12. The maximum Gasteiger partial charge on any atom is 0.407 e. The van der Waals surface area contributed by atoms with Crippen LogP contribution in [0, 0.1) is 0 Å². The predicted octanol–water partition coefficient (Wildman–Crippen LogP) is 3.44. The fraction of sp³-hybridized carbons (Fsp3) is 0.905. The number of hydrogen-bond acceptors (Lipinski definition) is 5. The van der Waals surface area contributed by atoms with Crippen LogP contribution in [-0.4, -0.2) is 69.8 Å². The van der Waals surface area contributed by atoms with Crippen molar-refractivity contribution in [3.05, 3.63) is 0 Å². The molecular formula is C21H43IN4O4. The van der Waals surface area contributed by atoms with E-state index in [1.807, 2.05) is 20.8 Å². The van der Waals surface area contributed by atoms with E-state index in [4.69, 9.17) is 14.2 Å². The summed E-state index contributed by atoms with van der Waals surface area (Å²) in [6.45, 7) is 11.2. The Bertz CT molecular complexity index is 480. The zero-order valence-electron chi connectivity index (χ0n) is 19.4. The minimum absolute atomic E-state index is 0. The predicted molar refractivity (Wildman–Crippen MR) is 132 cm³/mol. The van der Waals surface area contributed by atoms with Crippen molar-refractivity contribution in [3.63, 3.8) is 0 Å². The standard InChI is InChI=1S/C21H42N4O4.HI/c1-6-7-10-17(15-24-20(26)29-21(2,3)4)25-19(22-5)23-12-9-13-27-16-18-11-8-14-28-18;/h17-18H,6-16H2,1-5H3,(H,24,26)(H2,22,23,25);1H. The van der Waals surface area contributed by atoms with Gasteiger partial charge in [-0.3, -0.25) is 4.99 Å². The summed E-state index contributed by atoms with van der Waals surface area (Å²) in [6, 6.07) is 0.0874. The van der Waals surface area contributed by atoms with E-state index in [1.54, 1.807) is 7.05 Å². The third kappa shape index (κ3) is 15.1. The van der Waals surface area contributed by atoms with Crippen molar-refractivity contribution in [2.45, 2.75) is 84.0 Å². The van der Waals surface area contributed by atoms with E-state index in [2.05, 4.69) is 27.9 Å². The molecular weight excluding hydrogens is 499 g/mol. The molecule has 0 bridgehead atoms. The molecule has 1 aliphatic heterocycles. The summed E-state index contributed by atoms with van der Waals surface area (Å²) in [5.41, 5.74) is -0.500. The molecule has 3 N–H and O–H groups in total. The highest BCUT2D eigenvalue weighted by atomic mass is 127. The van der Waals surface area contributed by atoms with Gasteiger partial charge in [-0.2, -0.15) is 0 Å². The molecule has 2 atom stereocenters. The zero-order chi connectivity index (χ0) is 21.5. The number of nitrogens with zero attached hydrogens (tertiary/aromatic N) is 1. The van der Waals surface area contributed by atoms with Gasteiger partial charge in [-0.15, -0.1) is 24.0 Å². The molecule has 1 heterocycles. The number of ether oxygens (including phenoxy) is 3. The molecule has 30 heavy (non-hydrogen) atoms. The zero-order valence-corrected chi connectivity index (χ0v) is 21.8. The summed E-state index contributed by atoms with van der Waals surface area (Å²) in [6.07, 6.45) is 6.12. The van der Waals surface area contributed by atoms with Gasteiger partial charge in [0.25, 0.3) is 0 Å². The van der Waals surface area contributed by atoms with Crippen LogP contribution in [0.25, 0.3) is 0 Å². The number of hydrogen-bond donors (Lipinski definition) is 3. The summed E-state index contributed by atoms with van der Waals surface area (Å²) in [5.74, 6) is 0.733. The van der Waals surface area contributed by atoms with Gasteiger partial charge in [0.1, 0.15) is 5.60 Å². The van der Waals surface area contributed by atoms with E-state index in [-0.39, 0.29) is 36.1 Å². The van der Waals surface area contributed by atoms with Gasteiger partial charge < -0.3 is 30.2 Å². The summed E-state index contributed by atoms with van der Waals surface area (Å²) < 4.78 is 16.6. The molecule has 8 nitrogen and oxygen atoms in total. The molecule has 2 unspecified atom stereocenters. The van der Waals surface area contributed by atoms with Gasteiger partial charge in [-0.25, -0.2) is 4.79 Å². The number of carbonyl (C=O) groups is 1. The fourth-order valence-corrected chi connectivity index (χ4v) is 2.96. The summed E-state index contributed by atoms with van der Waals surface area (Å²) >= 11 is 0. The van der Waals surface area contributed by atoms with Crippen LogP contribution in [0.5, 0.6) is 0 Å². The SMILES string of the molecule is CCCCC(CNC(=O)OC(C)(C)C)NC(=NC)NCCCOCC1CCCO1.I.